The number of alkyl halides is 4. The van der Waals surface area contributed by atoms with Gasteiger partial charge in [0.15, 0.2) is 5.69 Å². The molecule has 42 heavy (non-hydrogen) atoms. The summed E-state index contributed by atoms with van der Waals surface area (Å²) in [5, 5.41) is 28.0. The van der Waals surface area contributed by atoms with Crippen molar-refractivity contribution in [2.45, 2.75) is 93.8 Å². The highest BCUT2D eigenvalue weighted by Gasteiger charge is 2.44. The van der Waals surface area contributed by atoms with Gasteiger partial charge in [0.1, 0.15) is 15.6 Å². The SMILES string of the molecule is CCn1nc(C(=O)NCC2(O)CCC(S(C)(=O)=O)CC2)c(Cl)c1-c1ccc(C2(O)CCC(F)(F)CC2)cc1OC(F)F. The van der Waals surface area contributed by atoms with E-state index >= 15 is 0 Å². The standard InChI is InChI=1S/C27H34ClF4N3O6S/c1-3-35-22(18-5-4-16(14-19(18)41-24(29)30)26(38)10-12-27(31,32)13-11-26)20(28)21(34-35)23(36)33-15-25(37)8-6-17(7-9-25)42(2,39)40/h4-5,14,17,24,37-38H,3,6-13,15H2,1-2H3,(H,33,36). The number of aromatic nitrogens is 2. The molecule has 15 heteroatoms. The highest BCUT2D eigenvalue weighted by molar-refractivity contribution is 7.91. The number of ether oxygens (including phenoxy) is 1. The number of aryl methyl sites for hydroxylation is 1. The number of carbonyl (C=O) groups is 1. The van der Waals surface area contributed by atoms with Crippen molar-refractivity contribution < 1.29 is 45.7 Å². The lowest BCUT2D eigenvalue weighted by molar-refractivity contribution is -0.107. The number of hydrogen-bond acceptors (Lipinski definition) is 7. The van der Waals surface area contributed by atoms with E-state index in [1.807, 2.05) is 0 Å². The van der Waals surface area contributed by atoms with Gasteiger partial charge in [-0.05, 0) is 63.1 Å². The Balaban J connectivity index is 1.59. The first-order chi connectivity index (χ1) is 19.5. The number of amides is 1. The van der Waals surface area contributed by atoms with Gasteiger partial charge in [0.05, 0.1) is 27.2 Å². The topological polar surface area (TPSA) is 131 Å². The van der Waals surface area contributed by atoms with Crippen molar-refractivity contribution in [1.82, 2.24) is 15.1 Å². The first-order valence-electron chi connectivity index (χ1n) is 13.6. The number of hydrogen-bond donors (Lipinski definition) is 3. The van der Waals surface area contributed by atoms with Crippen LogP contribution in [0.25, 0.3) is 11.3 Å². The van der Waals surface area contributed by atoms with Crippen molar-refractivity contribution in [2.24, 2.45) is 0 Å². The van der Waals surface area contributed by atoms with Crippen molar-refractivity contribution in [3.05, 3.63) is 34.5 Å². The molecule has 0 spiro atoms. The first kappa shape index (κ1) is 32.5. The largest absolute Gasteiger partial charge is 0.434 e. The van der Waals surface area contributed by atoms with Crippen LogP contribution < -0.4 is 10.1 Å². The van der Waals surface area contributed by atoms with Gasteiger partial charge in [-0.25, -0.2) is 17.2 Å². The summed E-state index contributed by atoms with van der Waals surface area (Å²) in [6.07, 6.45) is 0.322. The second kappa shape index (κ2) is 11.9. The fraction of sp³-hybridized carbons (Fsp3) is 0.630. The summed E-state index contributed by atoms with van der Waals surface area (Å²) in [6.45, 7) is -1.58. The van der Waals surface area contributed by atoms with Gasteiger partial charge in [-0.3, -0.25) is 9.48 Å². The lowest BCUT2D eigenvalue weighted by Crippen LogP contribution is -2.47. The van der Waals surface area contributed by atoms with Crippen LogP contribution in [0, 0.1) is 0 Å². The fourth-order valence-corrected chi connectivity index (χ4v) is 7.07. The molecular formula is C27H34ClF4N3O6S. The Bertz CT molecular complexity index is 1420. The average Bonchev–Trinajstić information content (AvgIpc) is 3.24. The molecule has 0 unspecified atom stereocenters. The van der Waals surface area contributed by atoms with Crippen LogP contribution in [-0.4, -0.2) is 70.5 Å². The Morgan fingerprint density at radius 1 is 1.17 bits per heavy atom. The molecule has 234 valence electrons. The van der Waals surface area contributed by atoms with Crippen molar-refractivity contribution in [3.8, 4) is 17.0 Å². The number of sulfone groups is 1. The molecule has 2 fully saturated rings. The maximum Gasteiger partial charge on any atom is 0.387 e. The zero-order valence-corrected chi connectivity index (χ0v) is 24.8. The normalized spacial score (nSPS) is 24.0. The molecule has 0 atom stereocenters. The van der Waals surface area contributed by atoms with Crippen LogP contribution in [0.5, 0.6) is 5.75 Å². The second-order valence-corrected chi connectivity index (χ2v) is 13.9. The summed E-state index contributed by atoms with van der Waals surface area (Å²) < 4.78 is 84.0. The Hall–Kier alpha value is -2.42. The molecule has 1 heterocycles. The molecule has 0 bridgehead atoms. The number of carbonyl (C=O) groups excluding carboxylic acids is 1. The highest BCUT2D eigenvalue weighted by atomic mass is 35.5. The molecule has 2 aromatic rings. The summed E-state index contributed by atoms with van der Waals surface area (Å²) >= 11 is 6.57. The number of rotatable bonds is 9. The second-order valence-electron chi connectivity index (χ2n) is 11.2. The predicted molar refractivity (Wildman–Crippen MR) is 147 cm³/mol. The minimum Gasteiger partial charge on any atom is -0.434 e. The summed E-state index contributed by atoms with van der Waals surface area (Å²) in [6, 6.07) is 3.94. The van der Waals surface area contributed by atoms with Gasteiger partial charge in [0.25, 0.3) is 5.91 Å². The molecule has 2 aliphatic rings. The quantitative estimate of drug-likeness (QED) is 0.340. The monoisotopic (exact) mass is 639 g/mol. The molecule has 2 saturated carbocycles. The number of halogens is 5. The van der Waals surface area contributed by atoms with Crippen LogP contribution in [0.1, 0.15) is 74.3 Å². The molecule has 0 radical (unpaired) electrons. The molecule has 1 aromatic carbocycles. The summed E-state index contributed by atoms with van der Waals surface area (Å²) in [4.78, 5) is 13.1. The van der Waals surface area contributed by atoms with Crippen molar-refractivity contribution in [1.29, 1.82) is 0 Å². The van der Waals surface area contributed by atoms with E-state index in [1.165, 1.54) is 16.8 Å². The van der Waals surface area contributed by atoms with E-state index in [-0.39, 0.29) is 84.9 Å². The van der Waals surface area contributed by atoms with Gasteiger partial charge < -0.3 is 20.3 Å². The van der Waals surface area contributed by atoms with Crippen LogP contribution in [-0.2, 0) is 22.0 Å². The van der Waals surface area contributed by atoms with E-state index in [9.17, 15) is 41.0 Å². The molecule has 4 rings (SSSR count). The molecule has 2 aliphatic carbocycles. The molecule has 1 aromatic heterocycles. The van der Waals surface area contributed by atoms with Gasteiger partial charge in [0.2, 0.25) is 5.92 Å². The smallest absolute Gasteiger partial charge is 0.387 e. The maximum atomic E-state index is 13.7. The number of benzene rings is 1. The first-order valence-corrected chi connectivity index (χ1v) is 16.0. The summed E-state index contributed by atoms with van der Waals surface area (Å²) in [5.74, 6) is -4.04. The molecule has 0 saturated heterocycles. The zero-order chi connectivity index (χ0) is 31.1. The van der Waals surface area contributed by atoms with E-state index in [2.05, 4.69) is 10.4 Å². The van der Waals surface area contributed by atoms with Crippen LogP contribution in [0.2, 0.25) is 5.02 Å². The third kappa shape index (κ3) is 7.03. The van der Waals surface area contributed by atoms with Crippen molar-refractivity contribution >= 4 is 27.3 Å². The predicted octanol–water partition coefficient (Wildman–Crippen LogP) is 4.67. The van der Waals surface area contributed by atoms with E-state index in [4.69, 9.17) is 16.3 Å². The number of nitrogens with one attached hydrogen (secondary N) is 1. The van der Waals surface area contributed by atoms with Gasteiger partial charge in [0, 0.05) is 37.8 Å². The summed E-state index contributed by atoms with van der Waals surface area (Å²) in [7, 11) is -3.25. The minimum atomic E-state index is -3.26. The van der Waals surface area contributed by atoms with Gasteiger partial charge >= 0.3 is 6.61 Å². The third-order valence-electron chi connectivity index (χ3n) is 8.25. The van der Waals surface area contributed by atoms with Crippen LogP contribution in [0.3, 0.4) is 0 Å². The third-order valence-corrected chi connectivity index (χ3v) is 10.3. The van der Waals surface area contributed by atoms with Crippen molar-refractivity contribution in [2.75, 3.05) is 12.8 Å². The lowest BCUT2D eigenvalue weighted by Gasteiger charge is -2.36. The van der Waals surface area contributed by atoms with Gasteiger partial charge in [-0.1, -0.05) is 17.7 Å². The number of aliphatic hydroxyl groups is 2. The Morgan fingerprint density at radius 3 is 2.33 bits per heavy atom. The van der Waals surface area contributed by atoms with E-state index in [0.717, 1.165) is 12.3 Å². The Labute approximate surface area is 246 Å². The minimum absolute atomic E-state index is 0.0416. The van der Waals surface area contributed by atoms with Crippen LogP contribution in [0.15, 0.2) is 18.2 Å². The molecule has 0 aliphatic heterocycles. The van der Waals surface area contributed by atoms with E-state index < -0.39 is 57.6 Å². The Morgan fingerprint density at radius 2 is 1.79 bits per heavy atom. The van der Waals surface area contributed by atoms with Crippen molar-refractivity contribution in [3.63, 3.8) is 0 Å². The van der Waals surface area contributed by atoms with Gasteiger partial charge in [-0.15, -0.1) is 0 Å². The highest BCUT2D eigenvalue weighted by Crippen LogP contribution is 2.46. The zero-order valence-electron chi connectivity index (χ0n) is 23.2. The van der Waals surface area contributed by atoms with E-state index in [0.29, 0.717) is 0 Å². The lowest BCUT2D eigenvalue weighted by atomic mass is 9.78. The Kier molecular flexibility index (Phi) is 9.23. The molecule has 1 amide bonds. The summed E-state index contributed by atoms with van der Waals surface area (Å²) in [5.41, 5.74) is -2.96. The fourth-order valence-electron chi connectivity index (χ4n) is 5.65. The molecule has 9 nitrogen and oxygen atoms in total. The molecular weight excluding hydrogens is 606 g/mol. The van der Waals surface area contributed by atoms with E-state index in [1.54, 1.807) is 6.92 Å². The van der Waals surface area contributed by atoms with Gasteiger partial charge in [-0.2, -0.15) is 13.9 Å². The number of nitrogens with zero attached hydrogens (tertiary/aromatic N) is 2. The van der Waals surface area contributed by atoms with Crippen LogP contribution in [0.4, 0.5) is 17.6 Å². The van der Waals surface area contributed by atoms with Crippen LogP contribution >= 0.6 is 11.6 Å². The maximum absolute atomic E-state index is 13.7. The molecule has 3 N–H and O–H groups in total. The average molecular weight is 640 g/mol.